The average Bonchev–Trinajstić information content (AvgIpc) is 4.11. The van der Waals surface area contributed by atoms with Gasteiger partial charge in [-0.2, -0.15) is 0 Å². The van der Waals surface area contributed by atoms with Crippen LogP contribution in [0.15, 0.2) is 60.9 Å². The third kappa shape index (κ3) is 8.46. The Kier molecular flexibility index (Phi) is 11.3. The normalized spacial score (nSPS) is 18.7. The van der Waals surface area contributed by atoms with E-state index in [9.17, 15) is 29.7 Å². The Balaban J connectivity index is 1.05. The van der Waals surface area contributed by atoms with Crippen LogP contribution in [0.3, 0.4) is 0 Å². The van der Waals surface area contributed by atoms with Crippen molar-refractivity contribution in [2.45, 2.75) is 109 Å². The maximum Gasteiger partial charge on any atom is 0.323 e. The number of ketones is 1. The maximum atomic E-state index is 13.6. The van der Waals surface area contributed by atoms with Crippen LogP contribution in [0.1, 0.15) is 123 Å². The highest BCUT2D eigenvalue weighted by Crippen LogP contribution is 2.43. The predicted molar refractivity (Wildman–Crippen MR) is 207 cm³/mol. The minimum Gasteiger partial charge on any atom is -0.480 e. The first-order chi connectivity index (χ1) is 26.1. The molecule has 10 nitrogen and oxygen atoms in total. The van der Waals surface area contributed by atoms with Crippen molar-refractivity contribution in [3.05, 3.63) is 111 Å². The fourth-order valence-electron chi connectivity index (χ4n) is 8.02. The van der Waals surface area contributed by atoms with E-state index in [4.69, 9.17) is 0 Å². The lowest BCUT2D eigenvalue weighted by Crippen LogP contribution is -2.39. The van der Waals surface area contributed by atoms with E-state index in [-0.39, 0.29) is 30.8 Å². The number of aliphatic hydroxyl groups is 2. The second-order valence-electron chi connectivity index (χ2n) is 15.5. The molecule has 2 aromatic heterocycles. The first-order valence-electron chi connectivity index (χ1n) is 19.4. The number of rotatable bonds is 16. The zero-order valence-electron chi connectivity index (χ0n) is 31.1. The van der Waals surface area contributed by atoms with Crippen molar-refractivity contribution in [1.82, 2.24) is 15.3 Å². The molecule has 3 atom stereocenters. The summed E-state index contributed by atoms with van der Waals surface area (Å²) in [5.41, 5.74) is 10.4. The van der Waals surface area contributed by atoms with E-state index < -0.39 is 18.6 Å². The second-order valence-corrected chi connectivity index (χ2v) is 15.5. The van der Waals surface area contributed by atoms with Gasteiger partial charge < -0.3 is 20.6 Å². The molecule has 0 saturated heterocycles. The van der Waals surface area contributed by atoms with Crippen LogP contribution in [0.4, 0.5) is 5.69 Å². The number of aromatic nitrogens is 2. The highest BCUT2D eigenvalue weighted by molar-refractivity contribution is 6.04. The summed E-state index contributed by atoms with van der Waals surface area (Å²) >= 11 is 0. The minimum atomic E-state index is -1.12. The van der Waals surface area contributed by atoms with Gasteiger partial charge >= 0.3 is 5.97 Å². The monoisotopic (exact) mass is 730 g/mol. The molecule has 10 heteroatoms. The van der Waals surface area contributed by atoms with Crippen LogP contribution < -0.4 is 10.6 Å². The number of Topliss-reactive ketones (excluding diaryl/α,β-unsaturated/α-hetero) is 1. The largest absolute Gasteiger partial charge is 0.480 e. The molecule has 3 fully saturated rings. The van der Waals surface area contributed by atoms with Crippen LogP contribution in [-0.2, 0) is 24.2 Å². The van der Waals surface area contributed by atoms with Crippen LogP contribution in [-0.4, -0.2) is 61.7 Å². The van der Waals surface area contributed by atoms with E-state index in [1.165, 1.54) is 11.1 Å². The van der Waals surface area contributed by atoms with Crippen LogP contribution >= 0.6 is 0 Å². The molecule has 0 aliphatic heterocycles. The molecule has 2 heterocycles. The lowest BCUT2D eigenvalue weighted by molar-refractivity contribution is -0.140. The van der Waals surface area contributed by atoms with Gasteiger partial charge in [-0.05, 0) is 151 Å². The highest BCUT2D eigenvalue weighted by Gasteiger charge is 2.30. The molecule has 0 radical (unpaired) electrons. The van der Waals surface area contributed by atoms with Gasteiger partial charge in [-0.25, -0.2) is 0 Å². The highest BCUT2D eigenvalue weighted by atomic mass is 16.4. The zero-order chi connectivity index (χ0) is 37.9. The van der Waals surface area contributed by atoms with Crippen LogP contribution in [0.5, 0.6) is 0 Å². The molecule has 3 aliphatic carbocycles. The summed E-state index contributed by atoms with van der Waals surface area (Å²) in [5, 5.41) is 35.0. The number of carbonyl (C=O) groups is 3. The summed E-state index contributed by atoms with van der Waals surface area (Å²) < 4.78 is 0. The van der Waals surface area contributed by atoms with Gasteiger partial charge in [0.2, 0.25) is 0 Å². The molecule has 3 aliphatic rings. The third-order valence-corrected chi connectivity index (χ3v) is 11.7. The Labute approximate surface area is 316 Å². The zero-order valence-corrected chi connectivity index (χ0v) is 31.1. The molecule has 54 heavy (non-hydrogen) atoms. The number of carboxylic acids is 1. The molecule has 3 saturated carbocycles. The van der Waals surface area contributed by atoms with E-state index >= 15 is 0 Å². The Hall–Kier alpha value is -4.77. The van der Waals surface area contributed by atoms with Crippen LogP contribution in [0.25, 0.3) is 11.1 Å². The first kappa shape index (κ1) is 37.5. The van der Waals surface area contributed by atoms with Gasteiger partial charge in [0.25, 0.3) is 5.91 Å². The van der Waals surface area contributed by atoms with Gasteiger partial charge in [-0.1, -0.05) is 36.8 Å². The van der Waals surface area contributed by atoms with Crippen molar-refractivity contribution < 1.29 is 29.7 Å². The number of hydrogen-bond donors (Lipinski definition) is 5. The van der Waals surface area contributed by atoms with E-state index in [2.05, 4.69) is 20.6 Å². The summed E-state index contributed by atoms with van der Waals surface area (Å²) in [6.45, 7) is 3.72. The van der Waals surface area contributed by atoms with Gasteiger partial charge in [0.15, 0.2) is 5.78 Å². The number of aryl methyl sites for hydroxylation is 1. The molecule has 4 aromatic rings. The first-order valence-corrected chi connectivity index (χ1v) is 19.4. The third-order valence-electron chi connectivity index (χ3n) is 11.7. The van der Waals surface area contributed by atoms with Crippen LogP contribution in [0.2, 0.25) is 0 Å². The van der Waals surface area contributed by atoms with Crippen molar-refractivity contribution in [3.63, 3.8) is 0 Å². The Morgan fingerprint density at radius 1 is 0.815 bits per heavy atom. The molecule has 5 N–H and O–H groups in total. The Morgan fingerprint density at radius 2 is 1.46 bits per heavy atom. The molecule has 0 unspecified atom stereocenters. The summed E-state index contributed by atoms with van der Waals surface area (Å²) in [7, 11) is 0. The number of amides is 1. The Bertz CT molecular complexity index is 2050. The molecule has 0 bridgehead atoms. The summed E-state index contributed by atoms with van der Waals surface area (Å²) in [6.07, 6.45) is 12.6. The van der Waals surface area contributed by atoms with E-state index in [1.54, 1.807) is 6.20 Å². The van der Waals surface area contributed by atoms with E-state index in [0.29, 0.717) is 34.8 Å². The SMILES string of the molecule is Cc1c(CC(=O)c2cc(C3CC3)c(CN[C@H](CO)C(=O)O)cn2)cccc1-c1cccc(NC(=O)c2cc(C3CC3)c(CC[C@@H]3CCC[C@H]3O)cn2)c1C. The van der Waals surface area contributed by atoms with Gasteiger partial charge in [-0.3, -0.25) is 29.7 Å². The number of nitrogens with one attached hydrogen (secondary N) is 2. The smallest absolute Gasteiger partial charge is 0.323 e. The number of anilines is 1. The number of aliphatic hydroxyl groups excluding tert-OH is 2. The summed E-state index contributed by atoms with van der Waals surface area (Å²) in [6, 6.07) is 14.5. The molecule has 1 amide bonds. The van der Waals surface area contributed by atoms with Crippen molar-refractivity contribution in [2.75, 3.05) is 11.9 Å². The number of aliphatic carboxylic acids is 1. The molecular formula is C44H50N4O6. The Morgan fingerprint density at radius 3 is 2.13 bits per heavy atom. The number of benzene rings is 2. The predicted octanol–water partition coefficient (Wildman–Crippen LogP) is 6.82. The quantitative estimate of drug-likeness (QED) is 0.0779. The van der Waals surface area contributed by atoms with Crippen molar-refractivity contribution in [2.24, 2.45) is 5.92 Å². The summed E-state index contributed by atoms with van der Waals surface area (Å²) in [5.74, 6) is -0.345. The summed E-state index contributed by atoms with van der Waals surface area (Å²) in [4.78, 5) is 47.7. The van der Waals surface area contributed by atoms with Crippen molar-refractivity contribution >= 4 is 23.3 Å². The van der Waals surface area contributed by atoms with Crippen molar-refractivity contribution in [3.8, 4) is 11.1 Å². The molecule has 7 rings (SSSR count). The number of nitrogens with zero attached hydrogens (tertiary/aromatic N) is 2. The molecule has 282 valence electrons. The van der Waals surface area contributed by atoms with Crippen LogP contribution in [0, 0.1) is 19.8 Å². The lowest BCUT2D eigenvalue weighted by Gasteiger charge is -2.17. The number of carbonyl (C=O) groups excluding carboxylic acids is 2. The fraction of sp³-hybridized carbons (Fsp3) is 0.432. The van der Waals surface area contributed by atoms with Crippen molar-refractivity contribution in [1.29, 1.82) is 0 Å². The standard InChI is InChI=1S/C44H50N4O6/c1-25-30(18-42(51)38-19-36(28-14-15-28)32(22-45-38)23-47-40(24-49)44(53)54)7-3-8-33(25)34-9-5-10-37(26(34)2)48-43(52)39-20-35(27-12-13-27)31(21-46-39)17-16-29-6-4-11-41(29)50/h3,5,7-10,19-22,27-29,40-41,47,49-50H,4,6,11-18,23-24H2,1-2H3,(H,48,52)(H,53,54)/t29-,40+,41+/m0/s1. The fourth-order valence-corrected chi connectivity index (χ4v) is 8.02. The second kappa shape index (κ2) is 16.3. The van der Waals surface area contributed by atoms with Gasteiger partial charge in [0, 0.05) is 31.0 Å². The molecule has 0 spiro atoms. The molecular weight excluding hydrogens is 681 g/mol. The molecule has 2 aromatic carbocycles. The van der Waals surface area contributed by atoms with Gasteiger partial charge in [0.1, 0.15) is 17.4 Å². The van der Waals surface area contributed by atoms with Gasteiger partial charge in [-0.15, -0.1) is 0 Å². The number of hydrogen-bond acceptors (Lipinski definition) is 8. The minimum absolute atomic E-state index is 0.103. The topological polar surface area (TPSA) is 162 Å². The number of carboxylic acid groups (broad SMARTS) is 1. The van der Waals surface area contributed by atoms with Gasteiger partial charge in [0.05, 0.1) is 12.7 Å². The van der Waals surface area contributed by atoms with E-state index in [1.807, 2.05) is 68.6 Å². The average molecular weight is 731 g/mol. The lowest BCUT2D eigenvalue weighted by atomic mass is 9.90. The maximum absolute atomic E-state index is 13.6. The van der Waals surface area contributed by atoms with E-state index in [0.717, 1.165) is 96.7 Å². The number of pyridine rings is 2.